The van der Waals surface area contributed by atoms with E-state index in [9.17, 15) is 13.2 Å². The zero-order valence-corrected chi connectivity index (χ0v) is 15.9. The molecule has 1 aromatic heterocycles. The predicted octanol–water partition coefficient (Wildman–Crippen LogP) is 3.66. The molecule has 4 rings (SSSR count). The number of likely N-dealkylation sites (tertiary alicyclic amines) is 1. The Hall–Kier alpha value is -2.06. The molecular weight excluding hydrogens is 370 g/mol. The van der Waals surface area contributed by atoms with Crippen LogP contribution in [0, 0.1) is 0 Å². The number of amides is 2. The van der Waals surface area contributed by atoms with Crippen LogP contribution in [0.3, 0.4) is 0 Å². The van der Waals surface area contributed by atoms with Crippen LogP contribution in [0.15, 0.2) is 41.1 Å². The van der Waals surface area contributed by atoms with Crippen molar-refractivity contribution >= 4 is 38.8 Å². The summed E-state index contributed by atoms with van der Waals surface area (Å²) in [6.45, 7) is 1.26. The van der Waals surface area contributed by atoms with Crippen molar-refractivity contribution in [3.05, 3.63) is 46.7 Å². The van der Waals surface area contributed by atoms with E-state index in [0.717, 1.165) is 19.4 Å². The molecule has 2 aromatic rings. The monoisotopic (exact) mass is 391 g/mol. The van der Waals surface area contributed by atoms with Gasteiger partial charge in [-0.05, 0) is 65.9 Å². The zero-order valence-electron chi connectivity index (χ0n) is 14.3. The lowest BCUT2D eigenvalue weighted by molar-refractivity contribution is 0.207. The van der Waals surface area contributed by atoms with Gasteiger partial charge in [-0.15, -0.1) is 0 Å². The van der Waals surface area contributed by atoms with Gasteiger partial charge < -0.3 is 10.2 Å². The summed E-state index contributed by atoms with van der Waals surface area (Å²) in [6.07, 6.45) is 2.63. The molecule has 0 radical (unpaired) electrons. The largest absolute Gasteiger partial charge is 0.322 e. The molecule has 1 N–H and O–H groups in total. The third-order valence-electron chi connectivity index (χ3n) is 4.95. The Morgan fingerprint density at radius 1 is 1.12 bits per heavy atom. The van der Waals surface area contributed by atoms with Gasteiger partial charge in [-0.25, -0.2) is 13.2 Å². The maximum atomic E-state index is 12.7. The molecular formula is C18H21N3O3S2. The Morgan fingerprint density at radius 2 is 1.92 bits per heavy atom. The lowest BCUT2D eigenvalue weighted by Gasteiger charge is -2.24. The van der Waals surface area contributed by atoms with Crippen molar-refractivity contribution in [1.82, 2.24) is 4.90 Å². The number of carbonyl (C=O) groups is 1. The molecule has 0 bridgehead atoms. The van der Waals surface area contributed by atoms with Crippen LogP contribution in [0.2, 0.25) is 0 Å². The number of nitrogens with one attached hydrogen (secondary N) is 1. The first-order chi connectivity index (χ1) is 12.5. The number of carbonyl (C=O) groups excluding carboxylic acids is 1. The Kier molecular flexibility index (Phi) is 4.62. The van der Waals surface area contributed by atoms with Gasteiger partial charge >= 0.3 is 6.03 Å². The number of benzene rings is 1. The fourth-order valence-electron chi connectivity index (χ4n) is 3.66. The highest BCUT2D eigenvalue weighted by Crippen LogP contribution is 2.33. The number of hydrogen-bond acceptors (Lipinski definition) is 4. The van der Waals surface area contributed by atoms with Gasteiger partial charge in [-0.2, -0.15) is 11.3 Å². The molecule has 2 aliphatic rings. The second kappa shape index (κ2) is 6.92. The molecule has 6 nitrogen and oxygen atoms in total. The number of nitrogens with zero attached hydrogens (tertiary/aromatic N) is 2. The topological polar surface area (TPSA) is 69.7 Å². The third kappa shape index (κ3) is 3.31. The van der Waals surface area contributed by atoms with Crippen molar-refractivity contribution in [3.63, 3.8) is 0 Å². The molecule has 2 saturated heterocycles. The third-order valence-corrected chi connectivity index (χ3v) is 7.52. The Labute approximate surface area is 157 Å². The molecule has 3 heterocycles. The van der Waals surface area contributed by atoms with Gasteiger partial charge in [0, 0.05) is 18.8 Å². The van der Waals surface area contributed by atoms with Gasteiger partial charge in [-0.3, -0.25) is 4.31 Å². The van der Waals surface area contributed by atoms with E-state index in [2.05, 4.69) is 16.8 Å². The summed E-state index contributed by atoms with van der Waals surface area (Å²) in [6, 6.07) is 9.12. The lowest BCUT2D eigenvalue weighted by atomic mass is 10.1. The first-order valence-corrected chi connectivity index (χ1v) is 11.3. The highest BCUT2D eigenvalue weighted by Gasteiger charge is 2.31. The van der Waals surface area contributed by atoms with Gasteiger partial charge in [0.2, 0.25) is 10.0 Å². The number of thiophene rings is 1. The summed E-state index contributed by atoms with van der Waals surface area (Å²) in [7, 11) is -3.18. The maximum absolute atomic E-state index is 12.7. The Bertz CT molecular complexity index is 879. The van der Waals surface area contributed by atoms with E-state index < -0.39 is 10.0 Å². The van der Waals surface area contributed by atoms with Crippen molar-refractivity contribution < 1.29 is 13.2 Å². The minimum Gasteiger partial charge on any atom is -0.317 e. The number of rotatable bonds is 3. The predicted molar refractivity (Wildman–Crippen MR) is 104 cm³/mol. The molecule has 8 heteroatoms. The standard InChI is InChI=1S/C18H21N3O3S2/c22-18(20-9-1-3-17(20)14-8-11-25-13-14)19-15-4-6-16(7-5-15)21-10-2-12-26(21,23)24/h4-8,11,13,17H,1-3,9-10,12H2,(H,19,22)/t17-/m0/s1. The average molecular weight is 392 g/mol. The number of urea groups is 1. The fraction of sp³-hybridized carbons (Fsp3) is 0.389. The van der Waals surface area contributed by atoms with Crippen molar-refractivity contribution in [2.45, 2.75) is 25.3 Å². The zero-order chi connectivity index (χ0) is 18.1. The smallest absolute Gasteiger partial charge is 0.317 e. The molecule has 26 heavy (non-hydrogen) atoms. The minimum atomic E-state index is -3.18. The Balaban J connectivity index is 1.45. The highest BCUT2D eigenvalue weighted by atomic mass is 32.2. The number of hydrogen-bond donors (Lipinski definition) is 1. The van der Waals surface area contributed by atoms with Crippen LogP contribution in [-0.2, 0) is 10.0 Å². The quantitative estimate of drug-likeness (QED) is 0.868. The number of anilines is 2. The summed E-state index contributed by atoms with van der Waals surface area (Å²) in [4.78, 5) is 14.6. The van der Waals surface area contributed by atoms with Crippen LogP contribution >= 0.6 is 11.3 Å². The van der Waals surface area contributed by atoms with Crippen molar-refractivity contribution in [3.8, 4) is 0 Å². The van der Waals surface area contributed by atoms with Crippen LogP contribution in [0.5, 0.6) is 0 Å². The molecule has 0 saturated carbocycles. The molecule has 138 valence electrons. The van der Waals surface area contributed by atoms with Gasteiger partial charge in [0.25, 0.3) is 0 Å². The molecule has 1 aromatic carbocycles. The van der Waals surface area contributed by atoms with Gasteiger partial charge in [0.05, 0.1) is 17.5 Å². The molecule has 1 atom stereocenters. The molecule has 0 unspecified atom stereocenters. The summed E-state index contributed by atoms with van der Waals surface area (Å²) in [5.74, 6) is 0.199. The van der Waals surface area contributed by atoms with Crippen molar-refractivity contribution in [2.75, 3.05) is 28.5 Å². The fourth-order valence-corrected chi connectivity index (χ4v) is 5.93. The molecule has 2 amide bonds. The lowest BCUT2D eigenvalue weighted by Crippen LogP contribution is -2.34. The highest BCUT2D eigenvalue weighted by molar-refractivity contribution is 7.93. The summed E-state index contributed by atoms with van der Waals surface area (Å²) in [5.41, 5.74) is 2.52. The maximum Gasteiger partial charge on any atom is 0.322 e. The molecule has 0 spiro atoms. The van der Waals surface area contributed by atoms with E-state index >= 15 is 0 Å². The van der Waals surface area contributed by atoms with Gasteiger partial charge in [0.15, 0.2) is 0 Å². The average Bonchev–Trinajstić information content (AvgIpc) is 3.35. The first-order valence-electron chi connectivity index (χ1n) is 8.75. The second-order valence-corrected chi connectivity index (χ2v) is 9.42. The summed E-state index contributed by atoms with van der Waals surface area (Å²) in [5, 5.41) is 7.07. The van der Waals surface area contributed by atoms with Crippen LogP contribution < -0.4 is 9.62 Å². The molecule has 0 aliphatic carbocycles. The SMILES string of the molecule is O=C(Nc1ccc(N2CCCS2(=O)=O)cc1)N1CCC[C@H]1c1ccsc1. The first kappa shape index (κ1) is 17.4. The van der Waals surface area contributed by atoms with Crippen LogP contribution in [-0.4, -0.2) is 38.2 Å². The van der Waals surface area contributed by atoms with Gasteiger partial charge in [-0.1, -0.05) is 0 Å². The number of sulfonamides is 1. The van der Waals surface area contributed by atoms with Crippen LogP contribution in [0.25, 0.3) is 0 Å². The van der Waals surface area contributed by atoms with Crippen LogP contribution in [0.4, 0.5) is 16.2 Å². The second-order valence-electron chi connectivity index (χ2n) is 6.63. The van der Waals surface area contributed by atoms with E-state index in [1.807, 2.05) is 10.3 Å². The van der Waals surface area contributed by atoms with Crippen molar-refractivity contribution in [2.24, 2.45) is 0 Å². The summed E-state index contributed by atoms with van der Waals surface area (Å²) < 4.78 is 25.4. The minimum absolute atomic E-state index is 0.111. The Morgan fingerprint density at radius 3 is 2.58 bits per heavy atom. The van der Waals surface area contributed by atoms with Crippen LogP contribution in [0.1, 0.15) is 30.9 Å². The normalized spacial score (nSPS) is 21.9. The molecule has 2 fully saturated rings. The van der Waals surface area contributed by atoms with Gasteiger partial charge in [0.1, 0.15) is 0 Å². The van der Waals surface area contributed by atoms with E-state index in [0.29, 0.717) is 24.3 Å². The van der Waals surface area contributed by atoms with E-state index in [1.165, 1.54) is 9.87 Å². The molecule has 2 aliphatic heterocycles. The van der Waals surface area contributed by atoms with E-state index in [-0.39, 0.29) is 17.8 Å². The van der Waals surface area contributed by atoms with E-state index in [4.69, 9.17) is 0 Å². The van der Waals surface area contributed by atoms with Crippen molar-refractivity contribution in [1.29, 1.82) is 0 Å². The van der Waals surface area contributed by atoms with E-state index in [1.54, 1.807) is 35.6 Å². The summed E-state index contributed by atoms with van der Waals surface area (Å²) >= 11 is 1.65.